The minimum atomic E-state index is -5.08. The van der Waals surface area contributed by atoms with Crippen molar-refractivity contribution in [2.45, 2.75) is 32.4 Å². The molecule has 1 saturated heterocycles. The predicted octanol–water partition coefficient (Wildman–Crippen LogP) is 3.15. The van der Waals surface area contributed by atoms with Gasteiger partial charge in [0.15, 0.2) is 0 Å². The van der Waals surface area contributed by atoms with Crippen LogP contribution in [0.3, 0.4) is 0 Å². The van der Waals surface area contributed by atoms with Gasteiger partial charge < -0.3 is 20.2 Å². The van der Waals surface area contributed by atoms with Crippen molar-refractivity contribution in [1.82, 2.24) is 15.1 Å². The minimum Gasteiger partial charge on any atom is -0.475 e. The molecular weight excluding hydrogens is 483 g/mol. The van der Waals surface area contributed by atoms with Crippen LogP contribution in [0.4, 0.5) is 13.2 Å². The van der Waals surface area contributed by atoms with Crippen LogP contribution in [-0.4, -0.2) is 78.1 Å². The Labute approximate surface area is 187 Å². The van der Waals surface area contributed by atoms with Crippen molar-refractivity contribution in [3.05, 3.63) is 34.3 Å². The van der Waals surface area contributed by atoms with E-state index in [0.717, 1.165) is 43.5 Å². The summed E-state index contributed by atoms with van der Waals surface area (Å²) in [7, 11) is 0. The van der Waals surface area contributed by atoms with Gasteiger partial charge in [0.25, 0.3) is 5.91 Å². The molecule has 2 N–H and O–H groups in total. The van der Waals surface area contributed by atoms with Crippen molar-refractivity contribution in [1.29, 1.82) is 0 Å². The maximum absolute atomic E-state index is 12.7. The molecule has 1 aliphatic heterocycles. The highest BCUT2D eigenvalue weighted by molar-refractivity contribution is 9.10. The summed E-state index contributed by atoms with van der Waals surface area (Å²) in [5.41, 5.74) is 0.670. The van der Waals surface area contributed by atoms with Gasteiger partial charge in [-0.15, -0.1) is 0 Å². The number of hydrogen-bond acceptors (Lipinski definition) is 4. The van der Waals surface area contributed by atoms with Crippen LogP contribution in [0.25, 0.3) is 0 Å². The van der Waals surface area contributed by atoms with E-state index in [9.17, 15) is 22.8 Å². The second-order valence-corrected chi connectivity index (χ2v) is 7.75. The van der Waals surface area contributed by atoms with Gasteiger partial charge in [0.1, 0.15) is 0 Å². The van der Waals surface area contributed by atoms with E-state index >= 15 is 0 Å². The first kappa shape index (κ1) is 26.9. The van der Waals surface area contributed by atoms with Crippen molar-refractivity contribution in [2.75, 3.05) is 39.3 Å². The monoisotopic (exact) mass is 509 g/mol. The van der Waals surface area contributed by atoms with Crippen molar-refractivity contribution in [2.24, 2.45) is 0 Å². The fourth-order valence-electron chi connectivity index (χ4n) is 2.74. The third-order valence-corrected chi connectivity index (χ3v) is 5.00. The first-order valence-corrected chi connectivity index (χ1v) is 10.7. The van der Waals surface area contributed by atoms with Gasteiger partial charge in [-0.25, -0.2) is 4.79 Å². The molecule has 0 aliphatic carbocycles. The summed E-state index contributed by atoms with van der Waals surface area (Å²) >= 11 is 3.39. The quantitative estimate of drug-likeness (QED) is 0.589. The molecular formula is C20H27BrF3N3O4. The summed E-state index contributed by atoms with van der Waals surface area (Å²) in [5.74, 6) is -2.61. The Morgan fingerprint density at radius 3 is 2.16 bits per heavy atom. The van der Waals surface area contributed by atoms with E-state index in [4.69, 9.17) is 9.90 Å². The lowest BCUT2D eigenvalue weighted by atomic mass is 10.1. The smallest absolute Gasteiger partial charge is 0.475 e. The van der Waals surface area contributed by atoms with E-state index in [-0.39, 0.29) is 11.8 Å². The molecule has 0 unspecified atom stereocenters. The van der Waals surface area contributed by atoms with E-state index in [1.807, 2.05) is 34.1 Å². The number of hydrogen-bond donors (Lipinski definition) is 2. The van der Waals surface area contributed by atoms with Crippen LogP contribution in [0, 0.1) is 0 Å². The van der Waals surface area contributed by atoms with E-state index in [1.165, 1.54) is 0 Å². The molecule has 1 aromatic rings. The van der Waals surface area contributed by atoms with E-state index in [1.54, 1.807) is 0 Å². The molecule has 1 aromatic carbocycles. The van der Waals surface area contributed by atoms with Crippen molar-refractivity contribution in [3.63, 3.8) is 0 Å². The lowest BCUT2D eigenvalue weighted by molar-refractivity contribution is -0.192. The van der Waals surface area contributed by atoms with Gasteiger partial charge in [0.2, 0.25) is 5.91 Å². The third-order valence-electron chi connectivity index (χ3n) is 4.47. The van der Waals surface area contributed by atoms with Crippen LogP contribution < -0.4 is 5.32 Å². The predicted molar refractivity (Wildman–Crippen MR) is 113 cm³/mol. The number of aliphatic carboxylic acids is 1. The topological polar surface area (TPSA) is 90.0 Å². The fourth-order valence-corrected chi connectivity index (χ4v) is 3.01. The molecule has 7 nitrogen and oxygen atoms in total. The Bertz CT molecular complexity index is 723. The fraction of sp³-hybridized carbons (Fsp3) is 0.550. The molecule has 0 radical (unpaired) electrons. The normalized spacial score (nSPS) is 13.8. The van der Waals surface area contributed by atoms with Crippen LogP contribution in [0.2, 0.25) is 0 Å². The average molecular weight is 510 g/mol. The lowest BCUT2D eigenvalue weighted by Crippen LogP contribution is -2.47. The van der Waals surface area contributed by atoms with Crippen LogP contribution >= 0.6 is 15.9 Å². The Morgan fingerprint density at radius 2 is 1.68 bits per heavy atom. The number of benzene rings is 1. The number of carboxylic acids is 1. The number of nitrogens with one attached hydrogen (secondary N) is 1. The Morgan fingerprint density at radius 1 is 1.13 bits per heavy atom. The Hall–Kier alpha value is -2.14. The first-order chi connectivity index (χ1) is 14.6. The number of carbonyl (C=O) groups excluding carboxylic acids is 2. The number of halogens is 4. The molecule has 0 atom stereocenters. The summed E-state index contributed by atoms with van der Waals surface area (Å²) in [6.07, 6.45) is -2.72. The number of rotatable bonds is 7. The molecule has 1 aliphatic rings. The zero-order valence-corrected chi connectivity index (χ0v) is 18.8. The second kappa shape index (κ2) is 13.3. The standard InChI is InChI=1S/C18H26BrN3O2.C2HF3O2/c1-2-3-11-22(18(24)15-4-6-16(19)7-5-15)12-8-17(23)21-13-9-20-10-14-21;3-2(4,5)1(6)7/h4-7,20H,2-3,8-14H2,1H3;(H,6,7). The average Bonchev–Trinajstić information content (AvgIpc) is 2.74. The summed E-state index contributed by atoms with van der Waals surface area (Å²) in [6, 6.07) is 7.39. The molecule has 11 heteroatoms. The number of amides is 2. The zero-order chi connectivity index (χ0) is 23.4. The van der Waals surface area contributed by atoms with Crippen LogP contribution in [0.1, 0.15) is 36.5 Å². The molecule has 0 aromatic heterocycles. The van der Waals surface area contributed by atoms with Crippen LogP contribution in [-0.2, 0) is 9.59 Å². The summed E-state index contributed by atoms with van der Waals surface area (Å²) in [5, 5.41) is 10.4. The first-order valence-electron chi connectivity index (χ1n) is 9.89. The number of nitrogens with zero attached hydrogens (tertiary/aromatic N) is 2. The number of piperazine rings is 1. The van der Waals surface area contributed by atoms with E-state index < -0.39 is 12.1 Å². The highest BCUT2D eigenvalue weighted by atomic mass is 79.9. The minimum absolute atomic E-state index is 0.00376. The van der Waals surface area contributed by atoms with Gasteiger partial charge >= 0.3 is 12.1 Å². The maximum atomic E-state index is 12.7. The number of carbonyl (C=O) groups is 3. The van der Waals surface area contributed by atoms with E-state index in [2.05, 4.69) is 28.2 Å². The molecule has 0 spiro atoms. The number of alkyl halides is 3. The Balaban J connectivity index is 0.000000592. The van der Waals surface area contributed by atoms with Crippen molar-refractivity contribution in [3.8, 4) is 0 Å². The van der Waals surface area contributed by atoms with E-state index in [0.29, 0.717) is 25.1 Å². The highest BCUT2D eigenvalue weighted by Gasteiger charge is 2.38. The zero-order valence-electron chi connectivity index (χ0n) is 17.3. The van der Waals surface area contributed by atoms with Gasteiger partial charge in [-0.1, -0.05) is 29.3 Å². The van der Waals surface area contributed by atoms with Gasteiger partial charge in [0.05, 0.1) is 0 Å². The SMILES string of the molecule is CCCCN(CCC(=O)N1CCNCC1)C(=O)c1ccc(Br)cc1.O=C(O)C(F)(F)F. The second-order valence-electron chi connectivity index (χ2n) is 6.84. The maximum Gasteiger partial charge on any atom is 0.490 e. The molecule has 1 heterocycles. The highest BCUT2D eigenvalue weighted by Crippen LogP contribution is 2.14. The largest absolute Gasteiger partial charge is 0.490 e. The van der Waals surface area contributed by atoms with Crippen LogP contribution in [0.15, 0.2) is 28.7 Å². The van der Waals surface area contributed by atoms with Gasteiger partial charge in [-0.2, -0.15) is 13.2 Å². The number of unbranched alkanes of at least 4 members (excludes halogenated alkanes) is 1. The summed E-state index contributed by atoms with van der Waals surface area (Å²) in [6.45, 7) is 6.50. The molecule has 0 bridgehead atoms. The third kappa shape index (κ3) is 10.1. The molecule has 0 saturated carbocycles. The molecule has 174 valence electrons. The van der Waals surface area contributed by atoms with Gasteiger partial charge in [-0.05, 0) is 30.7 Å². The van der Waals surface area contributed by atoms with Crippen LogP contribution in [0.5, 0.6) is 0 Å². The number of carboxylic acid groups (broad SMARTS) is 1. The molecule has 2 rings (SSSR count). The molecule has 1 fully saturated rings. The Kier molecular flexibility index (Phi) is 11.5. The lowest BCUT2D eigenvalue weighted by Gasteiger charge is -2.29. The molecule has 31 heavy (non-hydrogen) atoms. The van der Waals surface area contributed by atoms with Crippen molar-refractivity contribution >= 4 is 33.7 Å². The summed E-state index contributed by atoms with van der Waals surface area (Å²) in [4.78, 5) is 37.7. The molecule has 2 amide bonds. The van der Waals surface area contributed by atoms with Gasteiger partial charge in [0, 0.05) is 55.7 Å². The summed E-state index contributed by atoms with van der Waals surface area (Å²) < 4.78 is 32.7. The van der Waals surface area contributed by atoms with Crippen molar-refractivity contribution < 1.29 is 32.7 Å². The van der Waals surface area contributed by atoms with Gasteiger partial charge in [-0.3, -0.25) is 9.59 Å².